The van der Waals surface area contributed by atoms with Gasteiger partial charge in [-0.15, -0.1) is 0 Å². The Labute approximate surface area is 115 Å². The number of thioether (sulfide) groups is 1. The summed E-state index contributed by atoms with van der Waals surface area (Å²) in [6.07, 6.45) is 0. The molecule has 5 nitrogen and oxygen atoms in total. The van der Waals surface area contributed by atoms with Crippen LogP contribution in [0.2, 0.25) is 0 Å². The van der Waals surface area contributed by atoms with Gasteiger partial charge in [-0.1, -0.05) is 45.9 Å². The van der Waals surface area contributed by atoms with Gasteiger partial charge in [0.05, 0.1) is 0 Å². The fraction of sp³-hybridized carbons (Fsp3) is 0.182. The number of aromatic amines is 1. The maximum absolute atomic E-state index is 11.2. The Morgan fingerprint density at radius 2 is 2.11 bits per heavy atom. The summed E-state index contributed by atoms with van der Waals surface area (Å²) in [6.45, 7) is 0. The van der Waals surface area contributed by atoms with E-state index in [1.54, 1.807) is 7.05 Å². The number of nitrogens with zero attached hydrogens (tertiary/aromatic N) is 2. The summed E-state index contributed by atoms with van der Waals surface area (Å²) in [5.41, 5.74) is -0.367. The second-order valence-corrected chi connectivity index (χ2v) is 5.38. The van der Waals surface area contributed by atoms with E-state index in [0.29, 0.717) is 10.9 Å². The van der Waals surface area contributed by atoms with Crippen LogP contribution in [0.3, 0.4) is 0 Å². The maximum atomic E-state index is 11.2. The molecule has 0 bridgehead atoms. The third-order valence-corrected chi connectivity index (χ3v) is 4.11. The zero-order valence-corrected chi connectivity index (χ0v) is 11.9. The molecule has 1 heterocycles. The van der Waals surface area contributed by atoms with Crippen LogP contribution in [-0.2, 0) is 12.8 Å². The van der Waals surface area contributed by atoms with Crippen molar-refractivity contribution in [2.45, 2.75) is 10.9 Å². The molecule has 0 saturated carbocycles. The highest BCUT2D eigenvalue weighted by Gasteiger charge is 2.06. The number of hydrogen-bond donors (Lipinski definition) is 1. The predicted octanol–water partition coefficient (Wildman–Crippen LogP) is 1.52. The zero-order valence-electron chi connectivity index (χ0n) is 9.51. The van der Waals surface area contributed by atoms with Crippen molar-refractivity contribution in [1.82, 2.24) is 14.8 Å². The summed E-state index contributed by atoms with van der Waals surface area (Å²) in [5, 5.41) is 2.89. The highest BCUT2D eigenvalue weighted by molar-refractivity contribution is 9.10. The Bertz CT molecular complexity index is 680. The van der Waals surface area contributed by atoms with Crippen molar-refractivity contribution in [2.24, 2.45) is 7.05 Å². The van der Waals surface area contributed by atoms with E-state index < -0.39 is 11.1 Å². The van der Waals surface area contributed by atoms with Crippen LogP contribution in [0, 0.1) is 0 Å². The summed E-state index contributed by atoms with van der Waals surface area (Å²) in [4.78, 5) is 26.0. The van der Waals surface area contributed by atoms with Crippen molar-refractivity contribution in [1.29, 1.82) is 0 Å². The number of rotatable bonds is 3. The molecule has 0 fully saturated rings. The quantitative estimate of drug-likeness (QED) is 0.685. The van der Waals surface area contributed by atoms with Gasteiger partial charge in [-0.3, -0.25) is 19.4 Å². The standard InChI is InChI=1S/C11H10BrN3O2S/c1-15-11(13-9(16)10(17)14-15)18-6-7-4-2-3-5-8(7)12/h2-5H,6H2,1H3,(H,14,17). The van der Waals surface area contributed by atoms with Gasteiger partial charge < -0.3 is 0 Å². The lowest BCUT2D eigenvalue weighted by atomic mass is 10.2. The Morgan fingerprint density at radius 3 is 2.83 bits per heavy atom. The van der Waals surface area contributed by atoms with Gasteiger partial charge in [0.2, 0.25) is 0 Å². The summed E-state index contributed by atoms with van der Waals surface area (Å²) < 4.78 is 2.46. The Hall–Kier alpha value is -1.34. The molecule has 1 aromatic carbocycles. The van der Waals surface area contributed by atoms with Gasteiger partial charge in [0.1, 0.15) is 0 Å². The molecule has 7 heteroatoms. The molecule has 0 aliphatic carbocycles. The minimum Gasteiger partial charge on any atom is -0.265 e. The largest absolute Gasteiger partial charge is 0.339 e. The van der Waals surface area contributed by atoms with Crippen molar-refractivity contribution >= 4 is 27.7 Å². The Balaban J connectivity index is 2.21. The first kappa shape index (κ1) is 13.1. The van der Waals surface area contributed by atoms with Gasteiger partial charge in [0.25, 0.3) is 0 Å². The lowest BCUT2D eigenvalue weighted by Crippen LogP contribution is -2.33. The number of aryl methyl sites for hydroxylation is 1. The second-order valence-electron chi connectivity index (χ2n) is 3.58. The van der Waals surface area contributed by atoms with Crippen LogP contribution in [0.15, 0.2) is 43.5 Å². The molecule has 0 atom stereocenters. The minimum atomic E-state index is -0.761. The van der Waals surface area contributed by atoms with E-state index in [1.165, 1.54) is 16.4 Å². The molecule has 0 unspecified atom stereocenters. The molecule has 0 saturated heterocycles. The van der Waals surface area contributed by atoms with Crippen molar-refractivity contribution in [3.63, 3.8) is 0 Å². The van der Waals surface area contributed by atoms with Gasteiger partial charge in [0.15, 0.2) is 5.16 Å². The number of hydrogen-bond acceptors (Lipinski definition) is 4. The first-order valence-electron chi connectivity index (χ1n) is 5.11. The third-order valence-electron chi connectivity index (χ3n) is 2.26. The van der Waals surface area contributed by atoms with Crippen LogP contribution < -0.4 is 11.1 Å². The zero-order chi connectivity index (χ0) is 13.1. The normalized spacial score (nSPS) is 10.6. The highest BCUT2D eigenvalue weighted by Crippen LogP contribution is 2.24. The Kier molecular flexibility index (Phi) is 4.03. The molecule has 1 aromatic heterocycles. The molecule has 0 amide bonds. The van der Waals surface area contributed by atoms with Gasteiger partial charge in [-0.05, 0) is 11.6 Å². The molecule has 0 radical (unpaired) electrons. The molecule has 2 rings (SSSR count). The number of benzene rings is 1. The SMILES string of the molecule is Cn1[nH]c(=O)c(=O)nc1SCc1ccccc1Br. The van der Waals surface area contributed by atoms with E-state index >= 15 is 0 Å². The average molecular weight is 328 g/mol. The second kappa shape index (κ2) is 5.53. The average Bonchev–Trinajstić information content (AvgIpc) is 2.34. The molecule has 0 spiro atoms. The van der Waals surface area contributed by atoms with Crippen LogP contribution in [0.4, 0.5) is 0 Å². The number of aromatic nitrogens is 3. The number of nitrogens with one attached hydrogen (secondary N) is 1. The number of H-pyrrole nitrogens is 1. The molecule has 18 heavy (non-hydrogen) atoms. The lowest BCUT2D eigenvalue weighted by molar-refractivity contribution is 0.596. The summed E-state index contributed by atoms with van der Waals surface area (Å²) in [5.74, 6) is 0.660. The first-order valence-corrected chi connectivity index (χ1v) is 6.89. The van der Waals surface area contributed by atoms with Crippen LogP contribution in [0.25, 0.3) is 0 Å². The molecule has 1 N–H and O–H groups in total. The van der Waals surface area contributed by atoms with Crippen molar-refractivity contribution in [3.8, 4) is 0 Å². The van der Waals surface area contributed by atoms with Gasteiger partial charge in [-0.25, -0.2) is 0 Å². The fourth-order valence-electron chi connectivity index (χ4n) is 1.35. The van der Waals surface area contributed by atoms with Gasteiger partial charge >= 0.3 is 11.1 Å². The van der Waals surface area contributed by atoms with Crippen molar-refractivity contribution in [3.05, 3.63) is 55.0 Å². The smallest absolute Gasteiger partial charge is 0.265 e. The topological polar surface area (TPSA) is 67.8 Å². The monoisotopic (exact) mass is 327 g/mol. The predicted molar refractivity (Wildman–Crippen MR) is 73.8 cm³/mol. The summed E-state index contributed by atoms with van der Waals surface area (Å²) >= 11 is 4.84. The molecule has 0 aliphatic rings. The lowest BCUT2D eigenvalue weighted by Gasteiger charge is -2.06. The van der Waals surface area contributed by atoms with Crippen LogP contribution in [-0.4, -0.2) is 14.8 Å². The molecule has 2 aromatic rings. The molecule has 0 aliphatic heterocycles. The molecular formula is C11H10BrN3O2S. The first-order chi connectivity index (χ1) is 8.58. The van der Waals surface area contributed by atoms with Crippen molar-refractivity contribution in [2.75, 3.05) is 0 Å². The van der Waals surface area contributed by atoms with Crippen LogP contribution in [0.5, 0.6) is 0 Å². The highest BCUT2D eigenvalue weighted by atomic mass is 79.9. The van der Waals surface area contributed by atoms with E-state index in [-0.39, 0.29) is 0 Å². The number of halogens is 1. The van der Waals surface area contributed by atoms with E-state index in [4.69, 9.17) is 0 Å². The van der Waals surface area contributed by atoms with Crippen LogP contribution in [0.1, 0.15) is 5.56 Å². The summed E-state index contributed by atoms with van der Waals surface area (Å²) in [6, 6.07) is 7.82. The summed E-state index contributed by atoms with van der Waals surface area (Å²) in [7, 11) is 1.65. The fourth-order valence-corrected chi connectivity index (χ4v) is 2.88. The van der Waals surface area contributed by atoms with E-state index in [0.717, 1.165) is 10.0 Å². The van der Waals surface area contributed by atoms with E-state index in [9.17, 15) is 9.59 Å². The minimum absolute atomic E-state index is 0.482. The van der Waals surface area contributed by atoms with Crippen molar-refractivity contribution < 1.29 is 0 Å². The van der Waals surface area contributed by atoms with Crippen LogP contribution >= 0.6 is 27.7 Å². The molecular weight excluding hydrogens is 318 g/mol. The maximum Gasteiger partial charge on any atom is 0.339 e. The Morgan fingerprint density at radius 1 is 1.39 bits per heavy atom. The van der Waals surface area contributed by atoms with Gasteiger partial charge in [0, 0.05) is 17.3 Å². The third kappa shape index (κ3) is 2.91. The van der Waals surface area contributed by atoms with Gasteiger partial charge in [-0.2, -0.15) is 4.98 Å². The van der Waals surface area contributed by atoms with E-state index in [1.807, 2.05) is 24.3 Å². The molecule has 94 valence electrons. The van der Waals surface area contributed by atoms with E-state index in [2.05, 4.69) is 26.0 Å².